The average molecular weight is 389 g/mol. The average Bonchev–Trinajstić information content (AvgIpc) is 2.91. The Bertz CT molecular complexity index is 1070. The predicted octanol–water partition coefficient (Wildman–Crippen LogP) is 2.41. The number of benzene rings is 1. The second kappa shape index (κ2) is 7.17. The number of thiophene rings is 1. The standard InChI is InChI=1S/C17H13ClN4O3S/c1-2-4-10(23)25-17-21-13(8-5-3-6-9(18)7-8)11-12(19)14(15(20)24)26-16(11)22-17/h3,5-7,10,23H,19H2,1H3,(H2,20,24). The van der Waals surface area contributed by atoms with Crippen LogP contribution in [0.5, 0.6) is 6.01 Å². The molecule has 26 heavy (non-hydrogen) atoms. The van der Waals surface area contributed by atoms with Crippen LogP contribution in [0.4, 0.5) is 5.69 Å². The summed E-state index contributed by atoms with van der Waals surface area (Å²) < 4.78 is 5.24. The van der Waals surface area contributed by atoms with Crippen LogP contribution in [0.2, 0.25) is 5.02 Å². The van der Waals surface area contributed by atoms with E-state index in [0.717, 1.165) is 11.3 Å². The highest BCUT2D eigenvalue weighted by Crippen LogP contribution is 2.39. The zero-order chi connectivity index (χ0) is 18.8. The molecule has 0 aliphatic rings. The van der Waals surface area contributed by atoms with Gasteiger partial charge in [-0.15, -0.1) is 17.3 Å². The van der Waals surface area contributed by atoms with Crippen LogP contribution in [0.25, 0.3) is 21.5 Å². The van der Waals surface area contributed by atoms with Gasteiger partial charge in [0.25, 0.3) is 12.2 Å². The number of hydrogen-bond acceptors (Lipinski definition) is 7. The van der Waals surface area contributed by atoms with Crippen molar-refractivity contribution in [3.05, 3.63) is 34.2 Å². The molecular weight excluding hydrogens is 376 g/mol. The van der Waals surface area contributed by atoms with Crippen molar-refractivity contribution >= 4 is 44.7 Å². The maximum Gasteiger partial charge on any atom is 0.321 e. The molecule has 0 bridgehead atoms. The minimum absolute atomic E-state index is 0.111. The fraction of sp³-hybridized carbons (Fsp3) is 0.118. The van der Waals surface area contributed by atoms with E-state index in [0.29, 0.717) is 26.5 Å². The Morgan fingerprint density at radius 2 is 2.19 bits per heavy atom. The van der Waals surface area contributed by atoms with E-state index in [-0.39, 0.29) is 16.6 Å². The maximum atomic E-state index is 11.6. The molecule has 1 amide bonds. The van der Waals surface area contributed by atoms with Crippen molar-refractivity contribution in [3.8, 4) is 29.1 Å². The molecule has 0 radical (unpaired) electrons. The first kappa shape index (κ1) is 17.9. The van der Waals surface area contributed by atoms with E-state index in [1.165, 1.54) is 0 Å². The quantitative estimate of drug-likeness (QED) is 0.465. The van der Waals surface area contributed by atoms with Crippen molar-refractivity contribution in [1.29, 1.82) is 0 Å². The second-order valence-electron chi connectivity index (χ2n) is 5.12. The molecule has 9 heteroatoms. The van der Waals surface area contributed by atoms with Gasteiger partial charge in [-0.2, -0.15) is 9.97 Å². The van der Waals surface area contributed by atoms with Crippen LogP contribution in [0.15, 0.2) is 24.3 Å². The number of hydrogen-bond donors (Lipinski definition) is 3. The fourth-order valence-electron chi connectivity index (χ4n) is 2.34. The lowest BCUT2D eigenvalue weighted by Crippen LogP contribution is -2.14. The molecule has 0 aliphatic carbocycles. The summed E-state index contributed by atoms with van der Waals surface area (Å²) in [6, 6.07) is 6.82. The van der Waals surface area contributed by atoms with Gasteiger partial charge >= 0.3 is 6.01 Å². The van der Waals surface area contributed by atoms with Crippen LogP contribution in [0.3, 0.4) is 0 Å². The number of nitrogens with two attached hydrogens (primary N) is 2. The van der Waals surface area contributed by atoms with Gasteiger partial charge in [0.1, 0.15) is 9.71 Å². The lowest BCUT2D eigenvalue weighted by molar-refractivity contribution is 0.0258. The Hall–Kier alpha value is -2.86. The van der Waals surface area contributed by atoms with Gasteiger partial charge in [0.15, 0.2) is 0 Å². The van der Waals surface area contributed by atoms with E-state index in [9.17, 15) is 9.90 Å². The number of halogens is 1. The Kier molecular flexibility index (Phi) is 4.95. The number of aliphatic hydroxyl groups is 1. The smallest absolute Gasteiger partial charge is 0.321 e. The Labute approximate surface area is 157 Å². The third-order valence-electron chi connectivity index (χ3n) is 3.37. The number of aromatic nitrogens is 2. The number of fused-ring (bicyclic) bond motifs is 1. The van der Waals surface area contributed by atoms with Gasteiger partial charge in [-0.1, -0.05) is 23.7 Å². The topological polar surface area (TPSA) is 124 Å². The van der Waals surface area contributed by atoms with Crippen molar-refractivity contribution < 1.29 is 14.6 Å². The molecule has 0 aliphatic heterocycles. The number of aliphatic hydroxyl groups excluding tert-OH is 1. The molecule has 2 heterocycles. The Morgan fingerprint density at radius 3 is 2.85 bits per heavy atom. The first-order chi connectivity index (χ1) is 12.4. The van der Waals surface area contributed by atoms with Gasteiger partial charge in [0.2, 0.25) is 0 Å². The zero-order valence-electron chi connectivity index (χ0n) is 13.5. The number of anilines is 1. The molecular formula is C17H13ClN4O3S. The number of amides is 1. The van der Waals surface area contributed by atoms with E-state index >= 15 is 0 Å². The Morgan fingerprint density at radius 1 is 1.42 bits per heavy atom. The maximum absolute atomic E-state index is 11.6. The van der Waals surface area contributed by atoms with Crippen molar-refractivity contribution in [1.82, 2.24) is 9.97 Å². The molecule has 0 fully saturated rings. The van der Waals surface area contributed by atoms with E-state index in [1.54, 1.807) is 31.2 Å². The summed E-state index contributed by atoms with van der Waals surface area (Å²) in [5, 5.41) is 10.7. The van der Waals surface area contributed by atoms with Crippen molar-refractivity contribution in [2.75, 3.05) is 5.73 Å². The van der Waals surface area contributed by atoms with Crippen LogP contribution in [0, 0.1) is 11.8 Å². The molecule has 2 aromatic heterocycles. The number of rotatable bonds is 4. The van der Waals surface area contributed by atoms with Crippen molar-refractivity contribution in [2.24, 2.45) is 5.73 Å². The molecule has 0 saturated heterocycles. The van der Waals surface area contributed by atoms with E-state index in [1.807, 2.05) is 0 Å². The number of primary amides is 1. The first-order valence-electron chi connectivity index (χ1n) is 7.33. The van der Waals surface area contributed by atoms with Crippen LogP contribution in [0.1, 0.15) is 16.6 Å². The molecule has 3 rings (SSSR count). The van der Waals surface area contributed by atoms with Crippen molar-refractivity contribution in [2.45, 2.75) is 13.2 Å². The van der Waals surface area contributed by atoms with Crippen LogP contribution in [-0.2, 0) is 0 Å². The van der Waals surface area contributed by atoms with Gasteiger partial charge in [0, 0.05) is 10.6 Å². The highest BCUT2D eigenvalue weighted by molar-refractivity contribution is 7.21. The van der Waals surface area contributed by atoms with Gasteiger partial charge in [-0.05, 0) is 25.0 Å². The summed E-state index contributed by atoms with van der Waals surface area (Å²) in [6.07, 6.45) is -1.39. The molecule has 132 valence electrons. The summed E-state index contributed by atoms with van der Waals surface area (Å²) >= 11 is 7.09. The second-order valence-corrected chi connectivity index (χ2v) is 6.55. The largest absolute Gasteiger partial charge is 0.422 e. The number of carbonyl (C=O) groups is 1. The normalized spacial score (nSPS) is 11.7. The molecule has 3 aromatic rings. The summed E-state index contributed by atoms with van der Waals surface area (Å²) in [7, 11) is 0. The fourth-order valence-corrected chi connectivity index (χ4v) is 3.46. The molecule has 1 unspecified atom stereocenters. The minimum Gasteiger partial charge on any atom is -0.422 e. The highest BCUT2D eigenvalue weighted by atomic mass is 35.5. The molecule has 1 aromatic carbocycles. The summed E-state index contributed by atoms with van der Waals surface area (Å²) in [6.45, 7) is 1.56. The zero-order valence-corrected chi connectivity index (χ0v) is 15.1. The summed E-state index contributed by atoms with van der Waals surface area (Å²) in [4.78, 5) is 20.7. The van der Waals surface area contributed by atoms with Crippen LogP contribution >= 0.6 is 22.9 Å². The number of ether oxygens (including phenoxy) is 1. The molecule has 1 atom stereocenters. The first-order valence-corrected chi connectivity index (χ1v) is 8.53. The van der Waals surface area contributed by atoms with Crippen molar-refractivity contribution in [3.63, 3.8) is 0 Å². The number of carbonyl (C=O) groups excluding carboxylic acids is 1. The van der Waals surface area contributed by atoms with E-state index in [2.05, 4.69) is 21.8 Å². The third-order valence-corrected chi connectivity index (χ3v) is 4.72. The van der Waals surface area contributed by atoms with Gasteiger partial charge < -0.3 is 21.3 Å². The summed E-state index contributed by atoms with van der Waals surface area (Å²) in [5.74, 6) is 4.30. The predicted molar refractivity (Wildman–Crippen MR) is 101 cm³/mol. The summed E-state index contributed by atoms with van der Waals surface area (Å²) in [5.41, 5.74) is 12.7. The monoisotopic (exact) mass is 388 g/mol. The SMILES string of the molecule is CC#CC(O)Oc1nc(-c2cccc(Cl)c2)c2c(N)c(C(N)=O)sc2n1. The number of nitrogens with zero attached hydrogens (tertiary/aromatic N) is 2. The highest BCUT2D eigenvalue weighted by Gasteiger charge is 2.22. The van der Waals surface area contributed by atoms with Gasteiger partial charge in [-0.3, -0.25) is 4.79 Å². The minimum atomic E-state index is -1.39. The van der Waals surface area contributed by atoms with Gasteiger partial charge in [0.05, 0.1) is 16.8 Å². The van der Waals surface area contributed by atoms with Crippen LogP contribution < -0.4 is 16.2 Å². The van der Waals surface area contributed by atoms with Crippen LogP contribution in [-0.4, -0.2) is 27.3 Å². The molecule has 0 spiro atoms. The molecule has 5 N–H and O–H groups in total. The van der Waals surface area contributed by atoms with E-state index in [4.69, 9.17) is 27.8 Å². The number of nitrogen functional groups attached to an aromatic ring is 1. The lowest BCUT2D eigenvalue weighted by Gasteiger charge is -2.09. The molecule has 7 nitrogen and oxygen atoms in total. The van der Waals surface area contributed by atoms with Gasteiger partial charge in [-0.25, -0.2) is 0 Å². The van der Waals surface area contributed by atoms with E-state index < -0.39 is 12.2 Å². The third kappa shape index (κ3) is 3.41. The Balaban J connectivity index is 2.27. The molecule has 0 saturated carbocycles. The lowest BCUT2D eigenvalue weighted by atomic mass is 10.1.